The molecule has 1 aromatic rings. The van der Waals surface area contributed by atoms with Gasteiger partial charge in [-0.1, -0.05) is 13.0 Å². The van der Waals surface area contributed by atoms with Crippen LogP contribution in [0.25, 0.3) is 0 Å². The molecule has 94 valence electrons. The molecule has 0 unspecified atom stereocenters. The highest BCUT2D eigenvalue weighted by Crippen LogP contribution is 2.34. The summed E-state index contributed by atoms with van der Waals surface area (Å²) in [7, 11) is 0. The highest BCUT2D eigenvalue weighted by atomic mass is 79.9. The topological polar surface area (TPSA) is 20.2 Å². The Labute approximate surface area is 110 Å². The fourth-order valence-electron chi connectivity index (χ4n) is 2.51. The van der Waals surface area contributed by atoms with Gasteiger partial charge in [0.1, 0.15) is 5.82 Å². The van der Waals surface area contributed by atoms with Crippen LogP contribution in [0.2, 0.25) is 0 Å². The predicted molar refractivity (Wildman–Crippen MR) is 70.4 cm³/mol. The zero-order valence-corrected chi connectivity index (χ0v) is 11.6. The number of aliphatic hydroxyl groups is 1. The second-order valence-electron chi connectivity index (χ2n) is 5.33. The second kappa shape index (κ2) is 5.07. The van der Waals surface area contributed by atoms with Crippen molar-refractivity contribution in [3.8, 4) is 0 Å². The molecule has 0 bridgehead atoms. The quantitative estimate of drug-likeness (QED) is 0.873. The van der Waals surface area contributed by atoms with E-state index in [1.54, 1.807) is 12.1 Å². The minimum absolute atomic E-state index is 0.252. The van der Waals surface area contributed by atoms with E-state index in [2.05, 4.69) is 22.9 Å². The maximum atomic E-state index is 13.1. The average Bonchev–Trinajstić information content (AvgIpc) is 2.28. The molecule has 1 saturated carbocycles. The van der Waals surface area contributed by atoms with Crippen molar-refractivity contribution >= 4 is 15.9 Å². The maximum Gasteiger partial charge on any atom is 0.137 e. The standard InChI is InChI=1S/C14H18BrFO/c1-10-4-6-14(17,7-5-10)9-11-2-3-13(16)12(15)8-11/h2-3,8,10,17H,4-7,9H2,1H3. The fourth-order valence-corrected chi connectivity index (χ4v) is 2.93. The molecule has 0 aromatic heterocycles. The van der Waals surface area contributed by atoms with Crippen LogP contribution >= 0.6 is 15.9 Å². The summed E-state index contributed by atoms with van der Waals surface area (Å²) in [6.45, 7) is 2.23. The molecule has 0 heterocycles. The Morgan fingerprint density at radius 1 is 1.41 bits per heavy atom. The summed E-state index contributed by atoms with van der Waals surface area (Å²) in [5.74, 6) is 0.466. The smallest absolute Gasteiger partial charge is 0.137 e. The van der Waals surface area contributed by atoms with Crippen molar-refractivity contribution in [2.45, 2.75) is 44.6 Å². The van der Waals surface area contributed by atoms with Gasteiger partial charge in [-0.05, 0) is 65.2 Å². The first kappa shape index (κ1) is 13.0. The van der Waals surface area contributed by atoms with Crippen molar-refractivity contribution in [3.05, 3.63) is 34.1 Å². The molecular weight excluding hydrogens is 283 g/mol. The Morgan fingerprint density at radius 2 is 2.06 bits per heavy atom. The molecule has 1 N–H and O–H groups in total. The number of hydrogen-bond acceptors (Lipinski definition) is 1. The molecule has 0 radical (unpaired) electrons. The van der Waals surface area contributed by atoms with E-state index in [1.807, 2.05) is 0 Å². The molecule has 17 heavy (non-hydrogen) atoms. The van der Waals surface area contributed by atoms with Crippen molar-refractivity contribution in [1.29, 1.82) is 0 Å². The molecule has 1 nitrogen and oxygen atoms in total. The van der Waals surface area contributed by atoms with Gasteiger partial charge < -0.3 is 5.11 Å². The first-order valence-corrected chi connectivity index (χ1v) is 6.94. The monoisotopic (exact) mass is 300 g/mol. The molecule has 1 fully saturated rings. The Hall–Kier alpha value is -0.410. The van der Waals surface area contributed by atoms with Gasteiger partial charge in [0, 0.05) is 6.42 Å². The zero-order valence-electron chi connectivity index (χ0n) is 10.0. The van der Waals surface area contributed by atoms with E-state index in [9.17, 15) is 9.50 Å². The average molecular weight is 301 g/mol. The van der Waals surface area contributed by atoms with Crippen molar-refractivity contribution in [1.82, 2.24) is 0 Å². The molecule has 0 aliphatic heterocycles. The van der Waals surface area contributed by atoms with Gasteiger partial charge in [-0.25, -0.2) is 4.39 Å². The molecule has 1 aliphatic rings. The first-order chi connectivity index (χ1) is 7.98. The Balaban J connectivity index is 2.07. The van der Waals surface area contributed by atoms with Crippen LogP contribution in [0.1, 0.15) is 38.2 Å². The second-order valence-corrected chi connectivity index (χ2v) is 6.19. The van der Waals surface area contributed by atoms with Gasteiger partial charge in [0.25, 0.3) is 0 Å². The van der Waals surface area contributed by atoms with Crippen LogP contribution in [0.15, 0.2) is 22.7 Å². The lowest BCUT2D eigenvalue weighted by Gasteiger charge is -2.35. The van der Waals surface area contributed by atoms with Gasteiger partial charge >= 0.3 is 0 Å². The maximum absolute atomic E-state index is 13.1. The molecule has 2 rings (SSSR count). The Kier molecular flexibility index (Phi) is 3.88. The third kappa shape index (κ3) is 3.29. The first-order valence-electron chi connectivity index (χ1n) is 6.15. The van der Waals surface area contributed by atoms with Crippen molar-refractivity contribution < 1.29 is 9.50 Å². The minimum Gasteiger partial charge on any atom is -0.390 e. The molecule has 1 aliphatic carbocycles. The zero-order chi connectivity index (χ0) is 12.5. The fraction of sp³-hybridized carbons (Fsp3) is 0.571. The van der Waals surface area contributed by atoms with E-state index in [0.29, 0.717) is 10.9 Å². The van der Waals surface area contributed by atoms with E-state index in [1.165, 1.54) is 6.07 Å². The third-order valence-corrected chi connectivity index (χ3v) is 4.33. The molecule has 3 heteroatoms. The van der Waals surface area contributed by atoms with E-state index >= 15 is 0 Å². The largest absolute Gasteiger partial charge is 0.390 e. The SMILES string of the molecule is CC1CCC(O)(Cc2ccc(F)c(Br)c2)CC1. The number of hydrogen-bond donors (Lipinski definition) is 1. The van der Waals surface area contributed by atoms with Crippen molar-refractivity contribution in [2.24, 2.45) is 5.92 Å². The van der Waals surface area contributed by atoms with Gasteiger partial charge in [0.05, 0.1) is 10.1 Å². The molecule has 0 saturated heterocycles. The predicted octanol–water partition coefficient (Wildman–Crippen LogP) is 4.07. The molecule has 1 aromatic carbocycles. The van der Waals surface area contributed by atoms with Gasteiger partial charge in [-0.2, -0.15) is 0 Å². The van der Waals surface area contributed by atoms with Crippen LogP contribution in [0.5, 0.6) is 0 Å². The van der Waals surface area contributed by atoms with E-state index in [0.717, 1.165) is 37.2 Å². The normalized spacial score (nSPS) is 29.3. The van der Waals surface area contributed by atoms with Gasteiger partial charge in [0.2, 0.25) is 0 Å². The van der Waals surface area contributed by atoms with Crippen LogP contribution in [-0.2, 0) is 6.42 Å². The molecule has 0 amide bonds. The van der Waals surface area contributed by atoms with E-state index in [-0.39, 0.29) is 5.82 Å². The number of benzene rings is 1. The van der Waals surface area contributed by atoms with Crippen molar-refractivity contribution in [2.75, 3.05) is 0 Å². The summed E-state index contributed by atoms with van der Waals surface area (Å²) in [4.78, 5) is 0. The minimum atomic E-state index is -0.593. The summed E-state index contributed by atoms with van der Waals surface area (Å²) < 4.78 is 13.6. The highest BCUT2D eigenvalue weighted by molar-refractivity contribution is 9.10. The third-order valence-electron chi connectivity index (χ3n) is 3.72. The van der Waals surface area contributed by atoms with Crippen LogP contribution in [0.4, 0.5) is 4.39 Å². The summed E-state index contributed by atoms with van der Waals surface area (Å²) in [5.41, 5.74) is 0.402. The van der Waals surface area contributed by atoms with Crippen LogP contribution in [0, 0.1) is 11.7 Å². The van der Waals surface area contributed by atoms with Gasteiger partial charge in [0.15, 0.2) is 0 Å². The number of rotatable bonds is 2. The molecular formula is C14H18BrFO. The van der Waals surface area contributed by atoms with Crippen LogP contribution in [-0.4, -0.2) is 10.7 Å². The Bertz CT molecular complexity index is 397. The van der Waals surface area contributed by atoms with Crippen molar-refractivity contribution in [3.63, 3.8) is 0 Å². The highest BCUT2D eigenvalue weighted by Gasteiger charge is 2.31. The summed E-state index contributed by atoms with van der Waals surface area (Å²) in [6, 6.07) is 4.98. The lowest BCUT2D eigenvalue weighted by molar-refractivity contribution is -0.00669. The summed E-state index contributed by atoms with van der Waals surface area (Å²) >= 11 is 3.18. The summed E-state index contributed by atoms with van der Waals surface area (Å²) in [5, 5.41) is 10.5. The van der Waals surface area contributed by atoms with Crippen LogP contribution < -0.4 is 0 Å². The lowest BCUT2D eigenvalue weighted by Crippen LogP contribution is -2.35. The van der Waals surface area contributed by atoms with E-state index in [4.69, 9.17) is 0 Å². The molecule has 0 atom stereocenters. The number of halogens is 2. The Morgan fingerprint density at radius 3 is 2.65 bits per heavy atom. The lowest BCUT2D eigenvalue weighted by atomic mass is 9.76. The summed E-state index contributed by atoms with van der Waals surface area (Å²) in [6.07, 6.45) is 4.49. The van der Waals surface area contributed by atoms with E-state index < -0.39 is 5.60 Å². The molecule has 0 spiro atoms. The van der Waals surface area contributed by atoms with Gasteiger partial charge in [-0.15, -0.1) is 0 Å². The van der Waals surface area contributed by atoms with Crippen LogP contribution in [0.3, 0.4) is 0 Å². The van der Waals surface area contributed by atoms with Gasteiger partial charge in [-0.3, -0.25) is 0 Å².